The number of esters is 1. The number of carbonyl (C=O) groups is 1. The van der Waals surface area contributed by atoms with Gasteiger partial charge in [-0.3, -0.25) is 0 Å². The van der Waals surface area contributed by atoms with Crippen molar-refractivity contribution in [1.82, 2.24) is 0 Å². The fraction of sp³-hybridized carbons (Fsp3) is 0.727. The van der Waals surface area contributed by atoms with Gasteiger partial charge in [0.2, 0.25) is 0 Å². The maximum absolute atomic E-state index is 10.7. The summed E-state index contributed by atoms with van der Waals surface area (Å²) in [4.78, 5) is 10.7. The maximum atomic E-state index is 10.7. The molecule has 0 radical (unpaired) electrons. The van der Waals surface area contributed by atoms with E-state index in [1.54, 1.807) is 0 Å². The molecule has 0 rings (SSSR count). The van der Waals surface area contributed by atoms with E-state index in [2.05, 4.69) is 13.5 Å². The van der Waals surface area contributed by atoms with Crippen LogP contribution in [0.15, 0.2) is 12.7 Å². The van der Waals surface area contributed by atoms with Crippen molar-refractivity contribution < 1.29 is 9.53 Å². The van der Waals surface area contributed by atoms with Crippen LogP contribution in [-0.4, -0.2) is 18.6 Å². The molecule has 0 bridgehead atoms. The van der Waals surface area contributed by atoms with Crippen LogP contribution in [0.1, 0.15) is 32.6 Å². The van der Waals surface area contributed by atoms with E-state index in [9.17, 15) is 4.79 Å². The fourth-order valence-electron chi connectivity index (χ4n) is 1.50. The predicted molar refractivity (Wildman–Crippen MR) is 76.9 cm³/mol. The van der Waals surface area contributed by atoms with E-state index >= 15 is 0 Å². The number of carbonyl (C=O) groups excluding carboxylic acids is 1. The van der Waals surface area contributed by atoms with E-state index in [0.717, 1.165) is 25.7 Å². The molecule has 0 aliphatic carbocycles. The van der Waals surface area contributed by atoms with Crippen molar-refractivity contribution in [2.75, 3.05) is 6.61 Å². The summed E-state index contributed by atoms with van der Waals surface area (Å²) in [7, 11) is 0. The molecule has 2 nitrogen and oxygen atoms in total. The molecule has 1 atom stereocenters. The third-order valence-corrected chi connectivity index (χ3v) is 4.88. The molecule has 0 saturated heterocycles. The molecule has 17 heavy (non-hydrogen) atoms. The second kappa shape index (κ2) is 9.26. The van der Waals surface area contributed by atoms with Gasteiger partial charge in [0.05, 0.1) is 6.61 Å². The lowest BCUT2D eigenvalue weighted by atomic mass is 10.1. The highest BCUT2D eigenvalue weighted by molar-refractivity contribution is 7.64. The van der Waals surface area contributed by atoms with Crippen molar-refractivity contribution >= 4 is 45.2 Å². The Kier molecular flexibility index (Phi) is 9.42. The monoisotopic (exact) mass is 316 g/mol. The summed E-state index contributed by atoms with van der Waals surface area (Å²) in [5.41, 5.74) is 0. The second-order valence-corrected chi connectivity index (χ2v) is 13.3. The lowest BCUT2D eigenvalue weighted by molar-refractivity contribution is -0.137. The predicted octanol–water partition coefficient (Wildman–Crippen LogP) is 4.57. The molecule has 0 heterocycles. The molecule has 0 N–H and O–H groups in total. The van der Waals surface area contributed by atoms with Gasteiger partial charge < -0.3 is 4.74 Å². The largest absolute Gasteiger partial charge is 0.463 e. The summed E-state index contributed by atoms with van der Waals surface area (Å²) in [5.74, 6) is 0.0884. The second-order valence-electron chi connectivity index (χ2n) is 4.15. The van der Waals surface area contributed by atoms with E-state index in [1.165, 1.54) is 6.08 Å². The molecule has 0 amide bonds. The molecular weight excluding hydrogens is 299 g/mol. The summed E-state index contributed by atoms with van der Waals surface area (Å²) in [6.45, 7) is 5.89. The van der Waals surface area contributed by atoms with Crippen LogP contribution in [0.4, 0.5) is 0 Å². The average Bonchev–Trinajstić information content (AvgIpc) is 2.20. The van der Waals surface area contributed by atoms with Crippen molar-refractivity contribution in [2.24, 2.45) is 5.92 Å². The standard InChI is InChI=1S/C11H19Cl3O2Si/c1-3-11(15)16-8-6-4-5-7-10(2)9-17(12,13)14/h3,10H,1,4-9H2,2H3. The molecule has 0 spiro atoms. The molecule has 0 aromatic carbocycles. The first-order valence-electron chi connectivity index (χ1n) is 5.71. The van der Waals surface area contributed by atoms with Crippen LogP contribution >= 0.6 is 33.2 Å². The molecular formula is C11H19Cl3O2Si. The van der Waals surface area contributed by atoms with Crippen molar-refractivity contribution in [3.63, 3.8) is 0 Å². The van der Waals surface area contributed by atoms with Gasteiger partial charge >= 0.3 is 12.0 Å². The molecule has 0 aromatic heterocycles. The van der Waals surface area contributed by atoms with E-state index in [0.29, 0.717) is 18.6 Å². The normalized spacial score (nSPS) is 13.2. The fourth-order valence-corrected chi connectivity index (χ4v) is 4.87. The van der Waals surface area contributed by atoms with Crippen LogP contribution in [0, 0.1) is 5.92 Å². The zero-order valence-electron chi connectivity index (χ0n) is 10.1. The molecule has 0 aromatic rings. The number of hydrogen-bond acceptors (Lipinski definition) is 2. The summed E-state index contributed by atoms with van der Waals surface area (Å²) < 4.78 is 4.87. The summed E-state index contributed by atoms with van der Waals surface area (Å²) in [6.07, 6.45) is 5.19. The number of hydrogen-bond donors (Lipinski definition) is 0. The number of unbranched alkanes of at least 4 members (excludes halogenated alkanes) is 2. The minimum atomic E-state index is -2.48. The summed E-state index contributed by atoms with van der Waals surface area (Å²) in [5, 5.41) is 0. The van der Waals surface area contributed by atoms with Gasteiger partial charge in [0.15, 0.2) is 0 Å². The highest BCUT2D eigenvalue weighted by atomic mass is 35.8. The Morgan fingerprint density at radius 1 is 1.35 bits per heavy atom. The Morgan fingerprint density at radius 3 is 2.53 bits per heavy atom. The minimum absolute atomic E-state index is 0.361. The van der Waals surface area contributed by atoms with Crippen molar-refractivity contribution in [3.05, 3.63) is 12.7 Å². The Bertz CT molecular complexity index is 241. The van der Waals surface area contributed by atoms with E-state index < -0.39 is 6.00 Å². The number of halogens is 3. The maximum Gasteiger partial charge on any atom is 0.341 e. The molecule has 6 heteroatoms. The smallest absolute Gasteiger partial charge is 0.341 e. The van der Waals surface area contributed by atoms with Gasteiger partial charge in [-0.1, -0.05) is 32.8 Å². The molecule has 0 fully saturated rings. The molecule has 0 saturated carbocycles. The van der Waals surface area contributed by atoms with Crippen molar-refractivity contribution in [3.8, 4) is 0 Å². The van der Waals surface area contributed by atoms with Gasteiger partial charge in [0, 0.05) is 6.08 Å². The van der Waals surface area contributed by atoms with Gasteiger partial charge in [-0.25, -0.2) is 4.79 Å². The molecule has 100 valence electrons. The van der Waals surface area contributed by atoms with Crippen LogP contribution in [0.25, 0.3) is 0 Å². The van der Waals surface area contributed by atoms with Gasteiger partial charge in [0.1, 0.15) is 0 Å². The van der Waals surface area contributed by atoms with Gasteiger partial charge in [-0.05, 0) is 18.4 Å². The molecule has 0 aliphatic rings. The Hall–Kier alpha value is 0.297. The number of rotatable bonds is 9. The third-order valence-electron chi connectivity index (χ3n) is 2.33. The Balaban J connectivity index is 3.39. The van der Waals surface area contributed by atoms with Crippen LogP contribution in [-0.2, 0) is 9.53 Å². The highest BCUT2D eigenvalue weighted by Crippen LogP contribution is 2.31. The van der Waals surface area contributed by atoms with E-state index in [1.807, 2.05) is 0 Å². The van der Waals surface area contributed by atoms with Gasteiger partial charge in [-0.2, -0.15) is 0 Å². The SMILES string of the molecule is C=CC(=O)OCCCCCC(C)C[Si](Cl)(Cl)Cl. The lowest BCUT2D eigenvalue weighted by Crippen LogP contribution is -2.14. The summed E-state index contributed by atoms with van der Waals surface area (Å²) >= 11 is 17.5. The Morgan fingerprint density at radius 2 is 2.00 bits per heavy atom. The molecule has 1 unspecified atom stereocenters. The highest BCUT2D eigenvalue weighted by Gasteiger charge is 2.27. The van der Waals surface area contributed by atoms with Crippen molar-refractivity contribution in [2.45, 2.75) is 38.7 Å². The van der Waals surface area contributed by atoms with Crippen LogP contribution < -0.4 is 0 Å². The van der Waals surface area contributed by atoms with Crippen LogP contribution in [0.5, 0.6) is 0 Å². The molecule has 0 aliphatic heterocycles. The topological polar surface area (TPSA) is 26.3 Å². The van der Waals surface area contributed by atoms with E-state index in [4.69, 9.17) is 38.0 Å². The van der Waals surface area contributed by atoms with Gasteiger partial charge in [-0.15, -0.1) is 33.2 Å². The first-order chi connectivity index (χ1) is 7.85. The van der Waals surface area contributed by atoms with Crippen molar-refractivity contribution in [1.29, 1.82) is 0 Å². The minimum Gasteiger partial charge on any atom is -0.463 e. The lowest BCUT2D eigenvalue weighted by Gasteiger charge is -2.14. The zero-order chi connectivity index (χ0) is 13.3. The summed E-state index contributed by atoms with van der Waals surface area (Å²) in [6, 6.07) is -1.77. The van der Waals surface area contributed by atoms with Crippen LogP contribution in [0.3, 0.4) is 0 Å². The Labute approximate surface area is 118 Å². The quantitative estimate of drug-likeness (QED) is 0.205. The van der Waals surface area contributed by atoms with E-state index in [-0.39, 0.29) is 5.97 Å². The number of ether oxygens (including phenoxy) is 1. The van der Waals surface area contributed by atoms with Crippen LogP contribution in [0.2, 0.25) is 6.04 Å². The third kappa shape index (κ3) is 12.5. The first-order valence-corrected chi connectivity index (χ1v) is 11.0. The average molecular weight is 318 g/mol. The first kappa shape index (κ1) is 17.3. The zero-order valence-corrected chi connectivity index (χ0v) is 13.3. The van der Waals surface area contributed by atoms with Gasteiger partial charge in [0.25, 0.3) is 0 Å².